The minimum absolute atomic E-state index is 0.0640. The van der Waals surface area contributed by atoms with Gasteiger partial charge in [-0.15, -0.1) is 0 Å². The number of carbonyl (C=O) groups excluding carboxylic acids is 2. The molecule has 130 valence electrons. The van der Waals surface area contributed by atoms with E-state index in [1.54, 1.807) is 25.1 Å². The van der Waals surface area contributed by atoms with Crippen LogP contribution in [0.25, 0.3) is 10.9 Å². The van der Waals surface area contributed by atoms with Gasteiger partial charge in [-0.25, -0.2) is 4.98 Å². The van der Waals surface area contributed by atoms with Crippen molar-refractivity contribution in [2.75, 3.05) is 0 Å². The third-order valence-corrected chi connectivity index (χ3v) is 3.79. The Kier molecular flexibility index (Phi) is 4.57. The maximum atomic E-state index is 12.2. The van der Waals surface area contributed by atoms with Crippen LogP contribution in [0.4, 0.5) is 5.69 Å². The fourth-order valence-electron chi connectivity index (χ4n) is 2.39. The van der Waals surface area contributed by atoms with Crippen molar-refractivity contribution < 1.29 is 14.5 Å². The van der Waals surface area contributed by atoms with Gasteiger partial charge in [-0.05, 0) is 25.1 Å². The highest BCUT2D eigenvalue weighted by atomic mass is 16.6. The molecule has 0 bridgehead atoms. The zero-order valence-corrected chi connectivity index (χ0v) is 13.7. The summed E-state index contributed by atoms with van der Waals surface area (Å²) in [5.41, 5.74) is 5.61. The molecule has 8 heteroatoms. The molecule has 8 nitrogen and oxygen atoms in total. The van der Waals surface area contributed by atoms with Crippen molar-refractivity contribution >= 4 is 28.4 Å². The van der Waals surface area contributed by atoms with Crippen LogP contribution in [-0.2, 0) is 0 Å². The van der Waals surface area contributed by atoms with Crippen LogP contribution in [0.2, 0.25) is 0 Å². The van der Waals surface area contributed by atoms with E-state index >= 15 is 0 Å². The number of nitro groups is 1. The van der Waals surface area contributed by atoms with Gasteiger partial charge in [0.05, 0.1) is 10.4 Å². The number of aryl methyl sites for hydroxylation is 1. The molecule has 0 fully saturated rings. The molecular formula is C18H14N4O4. The normalized spacial score (nSPS) is 10.3. The van der Waals surface area contributed by atoms with E-state index in [0.717, 1.165) is 11.5 Å². The molecule has 0 aliphatic heterocycles. The molecule has 0 saturated carbocycles. The first-order valence-electron chi connectivity index (χ1n) is 7.67. The third-order valence-electron chi connectivity index (χ3n) is 3.79. The third kappa shape index (κ3) is 3.48. The number of fused-ring (bicyclic) bond motifs is 1. The first-order chi connectivity index (χ1) is 12.5. The Balaban J connectivity index is 1.71. The van der Waals surface area contributed by atoms with Crippen LogP contribution in [0.3, 0.4) is 0 Å². The quantitative estimate of drug-likeness (QED) is 0.556. The van der Waals surface area contributed by atoms with Gasteiger partial charge in [0.1, 0.15) is 5.69 Å². The van der Waals surface area contributed by atoms with Crippen molar-refractivity contribution in [1.29, 1.82) is 0 Å². The number of nitrogens with one attached hydrogen (secondary N) is 2. The summed E-state index contributed by atoms with van der Waals surface area (Å²) in [6.07, 6.45) is 0. The molecule has 0 saturated heterocycles. The van der Waals surface area contributed by atoms with Gasteiger partial charge in [-0.2, -0.15) is 0 Å². The number of hydrazine groups is 1. The smallest absolute Gasteiger partial charge is 0.267 e. The summed E-state index contributed by atoms with van der Waals surface area (Å²) in [6.45, 7) is 1.58. The van der Waals surface area contributed by atoms with Crippen LogP contribution < -0.4 is 10.9 Å². The van der Waals surface area contributed by atoms with Crippen LogP contribution in [0.1, 0.15) is 26.4 Å². The Labute approximate surface area is 148 Å². The topological polar surface area (TPSA) is 114 Å². The number of benzene rings is 2. The number of hydrogen-bond donors (Lipinski definition) is 2. The van der Waals surface area contributed by atoms with E-state index in [-0.39, 0.29) is 16.9 Å². The molecule has 1 aromatic heterocycles. The van der Waals surface area contributed by atoms with Gasteiger partial charge < -0.3 is 0 Å². The highest BCUT2D eigenvalue weighted by Gasteiger charge is 2.16. The standard InChI is InChI=1S/C18H14N4O4/c1-11-6-7-13(10-16(11)22(25)26)17(23)20-21-18(24)15-9-8-12-4-2-3-5-14(12)19-15/h2-10H,1H3,(H,20,23)(H,21,24). The Morgan fingerprint density at radius 2 is 1.73 bits per heavy atom. The second-order valence-electron chi connectivity index (χ2n) is 5.56. The lowest BCUT2D eigenvalue weighted by molar-refractivity contribution is -0.385. The maximum Gasteiger partial charge on any atom is 0.288 e. The molecule has 0 radical (unpaired) electrons. The minimum atomic E-state index is -0.665. The summed E-state index contributed by atoms with van der Waals surface area (Å²) in [6, 6.07) is 14.7. The highest BCUT2D eigenvalue weighted by Crippen LogP contribution is 2.19. The number of nitrogens with zero attached hydrogens (tertiary/aromatic N) is 2. The summed E-state index contributed by atoms with van der Waals surface area (Å²) in [5, 5.41) is 11.8. The number of hydrogen-bond acceptors (Lipinski definition) is 5. The molecule has 3 rings (SSSR count). The van der Waals surface area contributed by atoms with Gasteiger partial charge >= 0.3 is 0 Å². The number of amides is 2. The molecular weight excluding hydrogens is 336 g/mol. The second kappa shape index (κ2) is 6.98. The number of carbonyl (C=O) groups is 2. The minimum Gasteiger partial charge on any atom is -0.267 e. The molecule has 3 aromatic rings. The SMILES string of the molecule is Cc1ccc(C(=O)NNC(=O)c2ccc3ccccc3n2)cc1[N+](=O)[O-]. The Bertz CT molecular complexity index is 1030. The van der Waals surface area contributed by atoms with E-state index in [2.05, 4.69) is 15.8 Å². The van der Waals surface area contributed by atoms with Crippen LogP contribution in [0.5, 0.6) is 0 Å². The molecule has 0 aliphatic carbocycles. The number of para-hydroxylation sites is 1. The molecule has 0 spiro atoms. The summed E-state index contributed by atoms with van der Waals surface area (Å²) < 4.78 is 0. The fraction of sp³-hybridized carbons (Fsp3) is 0.0556. The number of rotatable bonds is 3. The maximum absolute atomic E-state index is 12.2. The van der Waals surface area contributed by atoms with Crippen molar-refractivity contribution in [3.8, 4) is 0 Å². The lowest BCUT2D eigenvalue weighted by Crippen LogP contribution is -2.42. The summed E-state index contributed by atoms with van der Waals surface area (Å²) in [7, 11) is 0. The first kappa shape index (κ1) is 17.0. The van der Waals surface area contributed by atoms with Crippen LogP contribution in [0, 0.1) is 17.0 Å². The molecule has 2 amide bonds. The number of aromatic nitrogens is 1. The van der Waals surface area contributed by atoms with Gasteiger partial charge in [0.25, 0.3) is 17.5 Å². The lowest BCUT2D eigenvalue weighted by Gasteiger charge is -2.08. The second-order valence-corrected chi connectivity index (χ2v) is 5.56. The van der Waals surface area contributed by atoms with Crippen LogP contribution in [0.15, 0.2) is 54.6 Å². The van der Waals surface area contributed by atoms with Crippen molar-refractivity contribution in [2.24, 2.45) is 0 Å². The van der Waals surface area contributed by atoms with Crippen molar-refractivity contribution in [3.63, 3.8) is 0 Å². The van der Waals surface area contributed by atoms with E-state index in [1.807, 2.05) is 18.2 Å². The van der Waals surface area contributed by atoms with E-state index in [1.165, 1.54) is 12.1 Å². The van der Waals surface area contributed by atoms with Gasteiger partial charge in [-0.3, -0.25) is 30.6 Å². The molecule has 0 unspecified atom stereocenters. The lowest BCUT2D eigenvalue weighted by atomic mass is 10.1. The fourth-order valence-corrected chi connectivity index (χ4v) is 2.39. The predicted molar refractivity (Wildman–Crippen MR) is 94.5 cm³/mol. The van der Waals surface area contributed by atoms with Crippen LogP contribution >= 0.6 is 0 Å². The first-order valence-corrected chi connectivity index (χ1v) is 7.67. The van der Waals surface area contributed by atoms with Crippen molar-refractivity contribution in [1.82, 2.24) is 15.8 Å². The molecule has 1 heterocycles. The summed E-state index contributed by atoms with van der Waals surface area (Å²) in [5.74, 6) is -1.26. The van der Waals surface area contributed by atoms with Gasteiger partial charge in [-0.1, -0.05) is 30.3 Å². The Morgan fingerprint density at radius 1 is 1.00 bits per heavy atom. The zero-order valence-electron chi connectivity index (χ0n) is 13.7. The van der Waals surface area contributed by atoms with E-state index < -0.39 is 16.7 Å². The monoisotopic (exact) mass is 350 g/mol. The average Bonchev–Trinajstić information content (AvgIpc) is 2.65. The van der Waals surface area contributed by atoms with Crippen molar-refractivity contribution in [3.05, 3.63) is 81.5 Å². The van der Waals surface area contributed by atoms with E-state index in [9.17, 15) is 19.7 Å². The van der Waals surface area contributed by atoms with Gasteiger partial charge in [0.15, 0.2) is 0 Å². The largest absolute Gasteiger partial charge is 0.288 e. The summed E-state index contributed by atoms with van der Waals surface area (Å²) >= 11 is 0. The number of pyridine rings is 1. The van der Waals surface area contributed by atoms with E-state index in [0.29, 0.717) is 11.1 Å². The average molecular weight is 350 g/mol. The molecule has 0 atom stereocenters. The Hall–Kier alpha value is -3.81. The number of nitro benzene ring substituents is 1. The highest BCUT2D eigenvalue weighted by molar-refractivity contribution is 5.99. The van der Waals surface area contributed by atoms with Gasteiger partial charge in [0.2, 0.25) is 0 Å². The zero-order chi connectivity index (χ0) is 18.7. The predicted octanol–water partition coefficient (Wildman–Crippen LogP) is 2.53. The van der Waals surface area contributed by atoms with E-state index in [4.69, 9.17) is 0 Å². The molecule has 2 N–H and O–H groups in total. The van der Waals surface area contributed by atoms with Crippen LogP contribution in [-0.4, -0.2) is 21.7 Å². The van der Waals surface area contributed by atoms with Gasteiger partial charge in [0, 0.05) is 22.6 Å². The summed E-state index contributed by atoms with van der Waals surface area (Å²) in [4.78, 5) is 38.9. The van der Waals surface area contributed by atoms with Crippen molar-refractivity contribution in [2.45, 2.75) is 6.92 Å². The molecule has 2 aromatic carbocycles. The Morgan fingerprint density at radius 3 is 2.50 bits per heavy atom. The molecule has 26 heavy (non-hydrogen) atoms. The molecule has 0 aliphatic rings.